The zero-order valence-corrected chi connectivity index (χ0v) is 22.6. The second kappa shape index (κ2) is 10.9. The molecule has 5 rings (SSSR count). The van der Waals surface area contributed by atoms with Crippen LogP contribution in [0.1, 0.15) is 11.4 Å². The molecule has 0 aliphatic carbocycles. The highest BCUT2D eigenvalue weighted by atomic mass is 32.2. The number of alkyl halides is 3. The molecule has 2 aromatic heterocycles. The molecule has 14 heteroatoms. The van der Waals surface area contributed by atoms with Gasteiger partial charge in [0.05, 0.1) is 16.4 Å². The molecular weight excluding hydrogens is 553 g/mol. The van der Waals surface area contributed by atoms with E-state index >= 15 is 0 Å². The molecule has 1 aliphatic heterocycles. The number of halogens is 3. The number of piperidine rings is 1. The van der Waals surface area contributed by atoms with Crippen LogP contribution in [0.4, 0.5) is 24.8 Å². The molecule has 3 heterocycles. The highest BCUT2D eigenvalue weighted by Gasteiger charge is 2.27. The number of sulfonamides is 1. The number of thiazole rings is 1. The van der Waals surface area contributed by atoms with E-state index < -0.39 is 22.0 Å². The quantitative estimate of drug-likeness (QED) is 0.291. The van der Waals surface area contributed by atoms with Crippen LogP contribution in [0.5, 0.6) is 11.6 Å². The Labute approximate surface area is 227 Å². The van der Waals surface area contributed by atoms with Crippen molar-refractivity contribution in [2.75, 3.05) is 30.2 Å². The first-order valence-electron chi connectivity index (χ1n) is 12.0. The summed E-state index contributed by atoms with van der Waals surface area (Å²) in [7, 11) is -2.99. The molecule has 0 unspecified atom stereocenters. The molecular formula is C25H25F3N6O3S2. The minimum atomic E-state index is -4.85. The van der Waals surface area contributed by atoms with E-state index in [1.807, 2.05) is 23.6 Å². The minimum absolute atomic E-state index is 0.00308. The molecule has 2 aromatic carbocycles. The largest absolute Gasteiger partial charge is 0.437 e. The summed E-state index contributed by atoms with van der Waals surface area (Å²) in [5.41, 5.74) is 0.558. The van der Waals surface area contributed by atoms with Crippen LogP contribution >= 0.6 is 11.3 Å². The smallest absolute Gasteiger partial charge is 0.355 e. The van der Waals surface area contributed by atoms with E-state index in [0.29, 0.717) is 57.6 Å². The number of anilines is 2. The van der Waals surface area contributed by atoms with Crippen LogP contribution in [0.3, 0.4) is 0 Å². The number of benzene rings is 2. The number of aromatic nitrogens is 3. The van der Waals surface area contributed by atoms with Gasteiger partial charge >= 0.3 is 5.76 Å². The van der Waals surface area contributed by atoms with Gasteiger partial charge in [-0.05, 0) is 32.2 Å². The summed E-state index contributed by atoms with van der Waals surface area (Å²) in [6, 6.07) is 11.1. The van der Waals surface area contributed by atoms with Crippen molar-refractivity contribution < 1.29 is 26.3 Å². The number of likely N-dealkylation sites (tertiary alicyclic amines) is 1. The first-order chi connectivity index (χ1) is 18.6. The van der Waals surface area contributed by atoms with Gasteiger partial charge in [-0.3, -0.25) is 4.72 Å². The molecule has 0 amide bonds. The maximum absolute atomic E-state index is 14.0. The van der Waals surface area contributed by atoms with Gasteiger partial charge in [0.2, 0.25) is 11.8 Å². The summed E-state index contributed by atoms with van der Waals surface area (Å²) in [4.78, 5) is 16.0. The Kier molecular flexibility index (Phi) is 7.60. The number of hydrogen-bond acceptors (Lipinski definition) is 9. The topological polar surface area (TPSA) is 109 Å². The number of nitrogens with zero attached hydrogens (tertiary/aromatic N) is 4. The summed E-state index contributed by atoms with van der Waals surface area (Å²) >= 11 is 1.36. The third kappa shape index (κ3) is 6.07. The Balaban J connectivity index is 1.44. The van der Waals surface area contributed by atoms with Crippen molar-refractivity contribution in [1.82, 2.24) is 19.9 Å². The van der Waals surface area contributed by atoms with Gasteiger partial charge in [-0.1, -0.05) is 24.3 Å². The molecule has 0 saturated carbocycles. The molecule has 0 radical (unpaired) electrons. The van der Waals surface area contributed by atoms with Crippen LogP contribution in [-0.2, 0) is 10.0 Å². The molecule has 206 valence electrons. The first kappa shape index (κ1) is 27.1. The lowest BCUT2D eigenvalue weighted by molar-refractivity contribution is 0.153. The summed E-state index contributed by atoms with van der Waals surface area (Å²) in [5.74, 6) is -2.59. The zero-order chi connectivity index (χ0) is 27.7. The maximum atomic E-state index is 14.0. The van der Waals surface area contributed by atoms with Crippen LogP contribution in [-0.4, -0.2) is 66.4 Å². The van der Waals surface area contributed by atoms with Gasteiger partial charge in [0.1, 0.15) is 16.8 Å². The van der Waals surface area contributed by atoms with Gasteiger partial charge in [-0.2, -0.15) is 8.78 Å². The Morgan fingerprint density at radius 1 is 1.10 bits per heavy atom. The second-order valence-electron chi connectivity index (χ2n) is 9.19. The normalized spacial score (nSPS) is 18.4. The van der Waals surface area contributed by atoms with E-state index in [1.165, 1.54) is 23.5 Å². The van der Waals surface area contributed by atoms with E-state index in [0.717, 1.165) is 0 Å². The monoisotopic (exact) mass is 578 g/mol. The molecule has 1 aliphatic rings. The van der Waals surface area contributed by atoms with E-state index in [1.54, 1.807) is 36.5 Å². The Morgan fingerprint density at radius 2 is 1.87 bits per heavy atom. The molecule has 2 atom stereocenters. The predicted octanol–water partition coefficient (Wildman–Crippen LogP) is 5.27. The number of fused-ring (bicyclic) bond motifs is 1. The Bertz CT molecular complexity index is 1590. The van der Waals surface area contributed by atoms with Crippen molar-refractivity contribution in [3.8, 4) is 22.2 Å². The van der Waals surface area contributed by atoms with Crippen LogP contribution in [0, 0.1) is 6.92 Å². The van der Waals surface area contributed by atoms with Crippen molar-refractivity contribution in [3.05, 3.63) is 53.7 Å². The standard InChI is InChI=1S/C25H25F3N6O3S2/c1-14-30-23(22(38-14)20-9-10-29-25(32-20)31-16-11-15(26)12-34(2)13-16)37-21-8-7-19(33-39(35,36)24(27)28)17-5-3-4-6-18(17)21/h3-10,15-16,24,33H,11-13H2,1-2H3,(H,29,31,32)/t15-,16-/m0/s1. The average molecular weight is 579 g/mol. The second-order valence-corrected chi connectivity index (χ2v) is 12.0. The molecule has 2 N–H and O–H groups in total. The third-order valence-corrected chi connectivity index (χ3v) is 8.03. The van der Waals surface area contributed by atoms with Crippen LogP contribution in [0.15, 0.2) is 48.7 Å². The fraction of sp³-hybridized carbons (Fsp3) is 0.320. The van der Waals surface area contributed by atoms with E-state index in [4.69, 9.17) is 4.74 Å². The molecule has 0 spiro atoms. The van der Waals surface area contributed by atoms with Crippen molar-refractivity contribution in [2.45, 2.75) is 31.3 Å². The van der Waals surface area contributed by atoms with Gasteiger partial charge < -0.3 is 15.0 Å². The van der Waals surface area contributed by atoms with Gasteiger partial charge in [-0.25, -0.2) is 27.8 Å². The molecule has 39 heavy (non-hydrogen) atoms. The highest BCUT2D eigenvalue weighted by Crippen LogP contribution is 2.40. The van der Waals surface area contributed by atoms with Crippen LogP contribution in [0.2, 0.25) is 0 Å². The molecule has 9 nitrogen and oxygen atoms in total. The van der Waals surface area contributed by atoms with Gasteiger partial charge in [0.25, 0.3) is 10.0 Å². The Morgan fingerprint density at radius 3 is 2.62 bits per heavy atom. The molecule has 4 aromatic rings. The van der Waals surface area contributed by atoms with E-state index in [2.05, 4.69) is 20.3 Å². The van der Waals surface area contributed by atoms with Crippen molar-refractivity contribution in [3.63, 3.8) is 0 Å². The number of ether oxygens (including phenoxy) is 1. The first-order valence-corrected chi connectivity index (χ1v) is 14.3. The fourth-order valence-corrected chi connectivity index (χ4v) is 5.87. The lowest BCUT2D eigenvalue weighted by atomic mass is 10.1. The van der Waals surface area contributed by atoms with E-state index in [9.17, 15) is 21.6 Å². The van der Waals surface area contributed by atoms with Gasteiger partial charge in [0, 0.05) is 42.5 Å². The Hall–Kier alpha value is -3.49. The minimum Gasteiger partial charge on any atom is -0.437 e. The average Bonchev–Trinajstić information content (AvgIpc) is 3.25. The highest BCUT2D eigenvalue weighted by molar-refractivity contribution is 7.93. The van der Waals surface area contributed by atoms with Gasteiger partial charge in [0.15, 0.2) is 0 Å². The summed E-state index contributed by atoms with van der Waals surface area (Å²) < 4.78 is 71.6. The summed E-state index contributed by atoms with van der Waals surface area (Å²) in [5, 5.41) is 4.81. The maximum Gasteiger partial charge on any atom is 0.355 e. The molecule has 0 bridgehead atoms. The van der Waals surface area contributed by atoms with Crippen LogP contribution < -0.4 is 14.8 Å². The van der Waals surface area contributed by atoms with Gasteiger partial charge in [-0.15, -0.1) is 11.3 Å². The van der Waals surface area contributed by atoms with Crippen LogP contribution in [0.25, 0.3) is 21.3 Å². The SMILES string of the molecule is Cc1nc(Oc2ccc(NS(=O)(=O)C(F)F)c3ccccc23)c(-c2ccnc(N[C@H]3C[C@H](F)CN(C)C3)n2)s1. The molecule has 1 saturated heterocycles. The van der Waals surface area contributed by atoms with Crippen molar-refractivity contribution in [2.24, 2.45) is 0 Å². The molecule has 1 fully saturated rings. The predicted molar refractivity (Wildman–Crippen MR) is 145 cm³/mol. The van der Waals surface area contributed by atoms with Crippen molar-refractivity contribution >= 4 is 43.8 Å². The summed E-state index contributed by atoms with van der Waals surface area (Å²) in [6.07, 6.45) is 1.03. The number of rotatable bonds is 8. The fourth-order valence-electron chi connectivity index (χ4n) is 4.48. The third-order valence-electron chi connectivity index (χ3n) is 6.08. The lowest BCUT2D eigenvalue weighted by Crippen LogP contribution is -2.45. The number of aryl methyl sites for hydroxylation is 1. The number of likely N-dealkylation sites (N-methyl/N-ethyl adjacent to an activating group) is 1. The number of hydrogen-bond donors (Lipinski definition) is 2. The lowest BCUT2D eigenvalue weighted by Gasteiger charge is -2.32. The van der Waals surface area contributed by atoms with E-state index in [-0.39, 0.29) is 17.6 Å². The van der Waals surface area contributed by atoms with Crippen molar-refractivity contribution in [1.29, 1.82) is 0 Å². The number of nitrogens with one attached hydrogen (secondary N) is 2. The zero-order valence-electron chi connectivity index (χ0n) is 20.9. The summed E-state index contributed by atoms with van der Waals surface area (Å²) in [6.45, 7) is 2.88.